The van der Waals surface area contributed by atoms with Crippen LogP contribution in [0.5, 0.6) is 5.75 Å². The van der Waals surface area contributed by atoms with E-state index in [2.05, 4.69) is 30.2 Å². The number of rotatable bonds is 7. The van der Waals surface area contributed by atoms with Crippen molar-refractivity contribution in [3.63, 3.8) is 0 Å². The number of carbonyl (C=O) groups excluding carboxylic acids is 2. The number of hydrogen-bond donors (Lipinski definition) is 3. The maximum Gasteiger partial charge on any atom is 0.273 e. The van der Waals surface area contributed by atoms with Crippen LogP contribution in [0.15, 0.2) is 29.9 Å². The maximum absolute atomic E-state index is 12.6. The lowest BCUT2D eigenvalue weighted by molar-refractivity contribution is -0.117. The Bertz CT molecular complexity index is 1180. The van der Waals surface area contributed by atoms with Crippen molar-refractivity contribution in [2.75, 3.05) is 24.7 Å². The molecule has 0 spiro atoms. The Morgan fingerprint density at radius 2 is 2.20 bits per heavy atom. The third-order valence-corrected chi connectivity index (χ3v) is 5.01. The zero-order valence-corrected chi connectivity index (χ0v) is 16.6. The van der Waals surface area contributed by atoms with E-state index in [1.807, 2.05) is 10.7 Å². The predicted octanol–water partition coefficient (Wildman–Crippen LogP) is 2.46. The molecule has 3 N–H and O–H groups in total. The first kappa shape index (κ1) is 16.2. The molecule has 3 aromatic rings. The minimum absolute atomic E-state index is 0.0700. The number of nitrogens with zero attached hydrogens (tertiary/aromatic N) is 4. The summed E-state index contributed by atoms with van der Waals surface area (Å²) in [4.78, 5) is 29.0. The summed E-state index contributed by atoms with van der Waals surface area (Å²) in [5, 5.41) is 17.1. The molecule has 3 heterocycles. The number of amides is 2. The molecule has 0 saturated heterocycles. The summed E-state index contributed by atoms with van der Waals surface area (Å²) in [5.74, 6) is -0.506. The third kappa shape index (κ3) is 4.06. The van der Waals surface area contributed by atoms with Crippen molar-refractivity contribution in [3.8, 4) is 16.9 Å². The number of methoxy groups -OCH3 is 1. The van der Waals surface area contributed by atoms with Gasteiger partial charge in [-0.1, -0.05) is 0 Å². The summed E-state index contributed by atoms with van der Waals surface area (Å²) >= 11 is 1.28. The fraction of sp³-hybridized carbons (Fsp3) is 0.263. The van der Waals surface area contributed by atoms with Crippen LogP contribution in [-0.2, 0) is 4.79 Å². The van der Waals surface area contributed by atoms with Gasteiger partial charge in [0.2, 0.25) is 5.91 Å². The highest BCUT2D eigenvalue weighted by Gasteiger charge is 2.30. The van der Waals surface area contributed by atoms with E-state index in [-0.39, 0.29) is 34.8 Å². The molecule has 0 atom stereocenters. The standard InChI is InChI=1S/C19H19N7O3S/c1-20-19(28)15-13(7-14(25-26-15)24-18(27)10-3-4-10)23-17-16(29-2)12(5-6-21-17)11-8-22-30-9-11/h5-10H,3-4H2,1-2H3,(H,20,28)(H2,21,23,24,25,27)/i1D3. The largest absolute Gasteiger partial charge is 0.492 e. The molecule has 4 rings (SSSR count). The van der Waals surface area contributed by atoms with Gasteiger partial charge in [-0.15, -0.1) is 10.2 Å². The van der Waals surface area contributed by atoms with Crippen molar-refractivity contribution in [1.29, 1.82) is 0 Å². The zero-order valence-electron chi connectivity index (χ0n) is 18.8. The fourth-order valence-electron chi connectivity index (χ4n) is 2.79. The number of anilines is 3. The summed E-state index contributed by atoms with van der Waals surface area (Å²) in [6.45, 7) is -2.73. The molecule has 11 heteroatoms. The smallest absolute Gasteiger partial charge is 0.273 e. The van der Waals surface area contributed by atoms with Gasteiger partial charge >= 0.3 is 0 Å². The quantitative estimate of drug-likeness (QED) is 0.523. The van der Waals surface area contributed by atoms with Crippen LogP contribution >= 0.6 is 11.5 Å². The van der Waals surface area contributed by atoms with Crippen molar-refractivity contribution in [1.82, 2.24) is 24.9 Å². The van der Waals surface area contributed by atoms with E-state index in [1.54, 1.807) is 18.5 Å². The Balaban J connectivity index is 1.72. The summed E-state index contributed by atoms with van der Waals surface area (Å²) in [5.41, 5.74) is 1.32. The van der Waals surface area contributed by atoms with Gasteiger partial charge in [0.25, 0.3) is 5.91 Å². The van der Waals surface area contributed by atoms with Gasteiger partial charge in [-0.3, -0.25) is 9.59 Å². The molecule has 30 heavy (non-hydrogen) atoms. The number of ether oxygens (including phenoxy) is 1. The second kappa shape index (κ2) is 8.41. The second-order valence-corrected chi connectivity index (χ2v) is 7.15. The zero-order chi connectivity index (χ0) is 23.6. The molecule has 0 bridgehead atoms. The van der Waals surface area contributed by atoms with E-state index in [0.717, 1.165) is 18.4 Å². The molecule has 10 nitrogen and oxygen atoms in total. The Morgan fingerprint density at radius 1 is 1.33 bits per heavy atom. The first-order valence-corrected chi connectivity index (χ1v) is 9.79. The van der Waals surface area contributed by atoms with Crippen LogP contribution in [0, 0.1) is 5.92 Å². The molecule has 154 valence electrons. The van der Waals surface area contributed by atoms with Crippen LogP contribution in [0.4, 0.5) is 17.3 Å². The van der Waals surface area contributed by atoms with E-state index in [0.29, 0.717) is 11.3 Å². The monoisotopic (exact) mass is 428 g/mol. The molecule has 1 fully saturated rings. The average Bonchev–Trinajstić information content (AvgIpc) is 3.47. The Hall–Kier alpha value is -3.60. The lowest BCUT2D eigenvalue weighted by atomic mass is 10.1. The molecule has 1 saturated carbocycles. The molecular formula is C19H19N7O3S. The van der Waals surface area contributed by atoms with Crippen molar-refractivity contribution in [2.24, 2.45) is 5.92 Å². The Kier molecular flexibility index (Phi) is 4.55. The number of aromatic nitrogens is 4. The second-order valence-electron chi connectivity index (χ2n) is 6.49. The van der Waals surface area contributed by atoms with Gasteiger partial charge in [0.1, 0.15) is 0 Å². The molecule has 3 aromatic heterocycles. The van der Waals surface area contributed by atoms with Gasteiger partial charge in [0.05, 0.1) is 12.8 Å². The maximum atomic E-state index is 12.6. The summed E-state index contributed by atoms with van der Waals surface area (Å²) in [7, 11) is 1.47. The summed E-state index contributed by atoms with van der Waals surface area (Å²) in [6, 6.07) is 3.14. The van der Waals surface area contributed by atoms with E-state index in [1.165, 1.54) is 24.7 Å². The summed E-state index contributed by atoms with van der Waals surface area (Å²) in [6.07, 6.45) is 4.83. The molecule has 0 aliphatic heterocycles. The molecule has 0 aromatic carbocycles. The lowest BCUT2D eigenvalue weighted by Crippen LogP contribution is -2.22. The lowest BCUT2D eigenvalue weighted by Gasteiger charge is -2.15. The van der Waals surface area contributed by atoms with Crippen molar-refractivity contribution >= 4 is 40.7 Å². The van der Waals surface area contributed by atoms with Crippen molar-refractivity contribution < 1.29 is 18.4 Å². The molecule has 0 unspecified atom stereocenters. The van der Waals surface area contributed by atoms with Crippen LogP contribution < -0.4 is 20.7 Å². The van der Waals surface area contributed by atoms with Gasteiger partial charge in [-0.2, -0.15) is 0 Å². The van der Waals surface area contributed by atoms with Crippen LogP contribution in [-0.4, -0.2) is 45.5 Å². The highest BCUT2D eigenvalue weighted by Crippen LogP contribution is 2.37. The van der Waals surface area contributed by atoms with Crippen molar-refractivity contribution in [2.45, 2.75) is 12.8 Å². The third-order valence-electron chi connectivity index (χ3n) is 4.43. The van der Waals surface area contributed by atoms with E-state index >= 15 is 0 Å². The van der Waals surface area contributed by atoms with Crippen LogP contribution in [0.2, 0.25) is 0 Å². The van der Waals surface area contributed by atoms with Gasteiger partial charge in [0, 0.05) is 52.0 Å². The number of carbonyl (C=O) groups is 2. The predicted molar refractivity (Wildman–Crippen MR) is 112 cm³/mol. The first-order valence-electron chi connectivity index (χ1n) is 10.5. The molecule has 1 aliphatic rings. The molecular weight excluding hydrogens is 406 g/mol. The highest BCUT2D eigenvalue weighted by molar-refractivity contribution is 7.03. The fourth-order valence-corrected chi connectivity index (χ4v) is 3.32. The van der Waals surface area contributed by atoms with Crippen LogP contribution in [0.3, 0.4) is 0 Å². The van der Waals surface area contributed by atoms with E-state index < -0.39 is 12.9 Å². The van der Waals surface area contributed by atoms with Gasteiger partial charge in [0.15, 0.2) is 23.1 Å². The molecule has 0 radical (unpaired) electrons. The minimum Gasteiger partial charge on any atom is -0.492 e. The van der Waals surface area contributed by atoms with Gasteiger partial charge in [-0.25, -0.2) is 9.36 Å². The minimum atomic E-state index is -2.73. The number of nitrogens with one attached hydrogen (secondary N) is 3. The number of hydrogen-bond acceptors (Lipinski definition) is 9. The van der Waals surface area contributed by atoms with Gasteiger partial charge in [-0.05, 0) is 30.4 Å². The van der Waals surface area contributed by atoms with E-state index in [4.69, 9.17) is 8.85 Å². The number of pyridine rings is 1. The Labute approximate surface area is 180 Å². The summed E-state index contributed by atoms with van der Waals surface area (Å²) < 4.78 is 31.5. The normalized spacial score (nSPS) is 14.8. The first-order chi connectivity index (χ1) is 15.7. The van der Waals surface area contributed by atoms with E-state index in [9.17, 15) is 9.59 Å². The SMILES string of the molecule is [2H]C([2H])([2H])NC(=O)c1nnc(NC(=O)C2CC2)cc1Nc1nccc(-c2cnsc2)c1OC. The highest BCUT2D eigenvalue weighted by atomic mass is 32.1. The van der Waals surface area contributed by atoms with Crippen LogP contribution in [0.1, 0.15) is 27.4 Å². The van der Waals surface area contributed by atoms with Gasteiger partial charge < -0.3 is 20.7 Å². The average molecular weight is 428 g/mol. The topological polar surface area (TPSA) is 131 Å². The van der Waals surface area contributed by atoms with Crippen LogP contribution in [0.25, 0.3) is 11.1 Å². The molecule has 2 amide bonds. The van der Waals surface area contributed by atoms with Crippen molar-refractivity contribution in [3.05, 3.63) is 35.6 Å². The Morgan fingerprint density at radius 3 is 2.90 bits per heavy atom. The molecule has 1 aliphatic carbocycles.